The first-order valence-corrected chi connectivity index (χ1v) is 7.68. The Morgan fingerprint density at radius 2 is 2.17 bits per heavy atom. The van der Waals surface area contributed by atoms with Gasteiger partial charge in [0.1, 0.15) is 6.10 Å². The van der Waals surface area contributed by atoms with E-state index in [2.05, 4.69) is 20.8 Å². The minimum atomic E-state index is -0.452. The fourth-order valence-corrected chi connectivity index (χ4v) is 2.66. The van der Waals surface area contributed by atoms with E-state index in [0.717, 1.165) is 12.1 Å². The Kier molecular flexibility index (Phi) is 6.24. The fourth-order valence-electron chi connectivity index (χ4n) is 2.66. The van der Waals surface area contributed by atoms with Gasteiger partial charge in [-0.1, -0.05) is 18.2 Å². The summed E-state index contributed by atoms with van der Waals surface area (Å²) in [6.45, 7) is 2.28. The number of nitrogens with two attached hydrogens (primary N) is 1. The average Bonchev–Trinajstić information content (AvgIpc) is 3.24. The predicted molar refractivity (Wildman–Crippen MR) is 89.9 cm³/mol. The number of para-hydroxylation sites is 1. The third kappa shape index (κ3) is 3.89. The van der Waals surface area contributed by atoms with Crippen LogP contribution in [0.15, 0.2) is 30.3 Å². The number of halogens is 1. The minimum absolute atomic E-state index is 0. The summed E-state index contributed by atoms with van der Waals surface area (Å²) in [6, 6.07) is 9.20. The lowest BCUT2D eigenvalue weighted by atomic mass is 10.2. The average molecular weight is 353 g/mol. The van der Waals surface area contributed by atoms with Crippen molar-refractivity contribution < 1.29 is 9.53 Å². The molecule has 1 aromatic carbocycles. The van der Waals surface area contributed by atoms with Crippen LogP contribution >= 0.6 is 12.4 Å². The second-order valence-corrected chi connectivity index (χ2v) is 5.57. The number of hydrogen-bond donors (Lipinski definition) is 2. The van der Waals surface area contributed by atoms with Gasteiger partial charge in [0.25, 0.3) is 0 Å². The van der Waals surface area contributed by atoms with Crippen molar-refractivity contribution in [3.05, 3.63) is 36.2 Å². The number of nitrogens with zero attached hydrogens (tertiary/aromatic N) is 4. The molecule has 1 saturated heterocycles. The first-order valence-electron chi connectivity index (χ1n) is 7.68. The van der Waals surface area contributed by atoms with Gasteiger partial charge < -0.3 is 15.8 Å². The van der Waals surface area contributed by atoms with Crippen molar-refractivity contribution in [2.24, 2.45) is 5.73 Å². The topological polar surface area (TPSA) is 108 Å². The number of carbonyl (C=O) groups excluding carboxylic acids is 1. The van der Waals surface area contributed by atoms with Crippen LogP contribution in [0.25, 0.3) is 5.69 Å². The summed E-state index contributed by atoms with van der Waals surface area (Å²) < 4.78 is 7.22. The van der Waals surface area contributed by atoms with Gasteiger partial charge in [0.15, 0.2) is 5.82 Å². The van der Waals surface area contributed by atoms with Crippen molar-refractivity contribution in [3.63, 3.8) is 0 Å². The van der Waals surface area contributed by atoms with Crippen molar-refractivity contribution in [3.8, 4) is 5.69 Å². The van der Waals surface area contributed by atoms with Crippen LogP contribution in [0.5, 0.6) is 0 Å². The van der Waals surface area contributed by atoms with E-state index in [1.54, 1.807) is 4.68 Å². The normalized spacial score (nSPS) is 21.1. The lowest BCUT2D eigenvalue weighted by Crippen LogP contribution is -2.37. The Morgan fingerprint density at radius 1 is 1.42 bits per heavy atom. The number of amides is 1. The van der Waals surface area contributed by atoms with Crippen molar-refractivity contribution in [1.29, 1.82) is 0 Å². The van der Waals surface area contributed by atoms with Gasteiger partial charge in [-0.3, -0.25) is 4.79 Å². The summed E-state index contributed by atoms with van der Waals surface area (Å²) in [5.41, 5.74) is 6.41. The summed E-state index contributed by atoms with van der Waals surface area (Å²) in [5.74, 6) is 0.411. The smallest absolute Gasteiger partial charge is 0.249 e. The Balaban J connectivity index is 0.00000208. The minimum Gasteiger partial charge on any atom is -0.364 e. The molecular formula is C15H21ClN6O2. The molecule has 3 N–H and O–H groups in total. The maximum Gasteiger partial charge on any atom is 0.249 e. The second kappa shape index (κ2) is 8.18. The van der Waals surface area contributed by atoms with E-state index < -0.39 is 6.10 Å². The molecule has 1 fully saturated rings. The number of hydrogen-bond acceptors (Lipinski definition) is 6. The maximum absolute atomic E-state index is 12.3. The van der Waals surface area contributed by atoms with Gasteiger partial charge in [0, 0.05) is 6.54 Å². The molecule has 8 nitrogen and oxygen atoms in total. The zero-order valence-electron chi connectivity index (χ0n) is 13.3. The summed E-state index contributed by atoms with van der Waals surface area (Å²) in [6.07, 6.45) is 1.01. The second-order valence-electron chi connectivity index (χ2n) is 5.57. The molecule has 130 valence electrons. The van der Waals surface area contributed by atoms with Gasteiger partial charge in [0.05, 0.1) is 17.8 Å². The van der Waals surface area contributed by atoms with Gasteiger partial charge in [-0.05, 0) is 42.3 Å². The van der Waals surface area contributed by atoms with E-state index in [-0.39, 0.29) is 30.5 Å². The van der Waals surface area contributed by atoms with E-state index in [1.807, 2.05) is 37.3 Å². The van der Waals surface area contributed by atoms with Crippen LogP contribution in [-0.4, -0.2) is 44.9 Å². The zero-order chi connectivity index (χ0) is 16.2. The molecule has 1 aromatic heterocycles. The van der Waals surface area contributed by atoms with Crippen molar-refractivity contribution in [2.45, 2.75) is 38.0 Å². The van der Waals surface area contributed by atoms with Crippen LogP contribution in [0.1, 0.15) is 31.6 Å². The number of ether oxygens (including phenoxy) is 1. The van der Waals surface area contributed by atoms with E-state index in [0.29, 0.717) is 18.8 Å². The Bertz CT molecular complexity index is 665. The highest BCUT2D eigenvalue weighted by molar-refractivity contribution is 5.85. The largest absolute Gasteiger partial charge is 0.364 e. The van der Waals surface area contributed by atoms with Crippen LogP contribution in [0, 0.1) is 0 Å². The van der Waals surface area contributed by atoms with Crippen LogP contribution in [0.2, 0.25) is 0 Å². The molecule has 3 atom stereocenters. The SMILES string of the molecule is CC(NC(=O)[C@@H]1CC[C@H](CN)O1)c1nnnn1-c1ccccc1.Cl. The molecular weight excluding hydrogens is 332 g/mol. The molecule has 9 heteroatoms. The molecule has 1 amide bonds. The molecule has 1 unspecified atom stereocenters. The van der Waals surface area contributed by atoms with Crippen molar-refractivity contribution in [1.82, 2.24) is 25.5 Å². The third-order valence-electron chi connectivity index (χ3n) is 3.90. The highest BCUT2D eigenvalue weighted by Gasteiger charge is 2.31. The number of benzene rings is 1. The van der Waals surface area contributed by atoms with Gasteiger partial charge in [-0.25, -0.2) is 0 Å². The first kappa shape index (κ1) is 18.3. The molecule has 1 aliphatic heterocycles. The van der Waals surface area contributed by atoms with Gasteiger partial charge >= 0.3 is 0 Å². The molecule has 0 aliphatic carbocycles. The zero-order valence-corrected chi connectivity index (χ0v) is 14.1. The molecule has 0 bridgehead atoms. The number of aromatic nitrogens is 4. The number of nitrogens with one attached hydrogen (secondary N) is 1. The Hall–Kier alpha value is -2.03. The molecule has 2 aromatic rings. The fraction of sp³-hybridized carbons (Fsp3) is 0.467. The molecule has 1 aliphatic rings. The summed E-state index contributed by atoms with van der Waals surface area (Å²) >= 11 is 0. The predicted octanol–water partition coefficient (Wildman–Crippen LogP) is 0.768. The van der Waals surface area contributed by atoms with Crippen LogP contribution in [0.3, 0.4) is 0 Å². The van der Waals surface area contributed by atoms with E-state index >= 15 is 0 Å². The first-order chi connectivity index (χ1) is 11.2. The lowest BCUT2D eigenvalue weighted by molar-refractivity contribution is -0.132. The van der Waals surface area contributed by atoms with E-state index in [1.165, 1.54) is 0 Å². The Morgan fingerprint density at radius 3 is 2.83 bits per heavy atom. The van der Waals surface area contributed by atoms with Gasteiger partial charge in [0.2, 0.25) is 5.91 Å². The standard InChI is InChI=1S/C15H20N6O2.ClH/c1-10(17-15(22)13-8-7-12(9-16)23-13)14-18-19-20-21(14)11-5-3-2-4-6-11;/h2-6,10,12-13H,7-9,16H2,1H3,(H,17,22);1H/t10?,12-,13+;/m1./s1. The quantitative estimate of drug-likeness (QED) is 0.822. The van der Waals surface area contributed by atoms with E-state index in [9.17, 15) is 4.79 Å². The van der Waals surface area contributed by atoms with Crippen molar-refractivity contribution in [2.75, 3.05) is 6.54 Å². The molecule has 24 heavy (non-hydrogen) atoms. The molecule has 2 heterocycles. The lowest BCUT2D eigenvalue weighted by Gasteiger charge is -2.17. The summed E-state index contributed by atoms with van der Waals surface area (Å²) in [5, 5.41) is 14.6. The summed E-state index contributed by atoms with van der Waals surface area (Å²) in [4.78, 5) is 12.3. The number of rotatable bonds is 5. The highest BCUT2D eigenvalue weighted by atomic mass is 35.5. The number of tetrazole rings is 1. The van der Waals surface area contributed by atoms with Crippen LogP contribution < -0.4 is 11.1 Å². The highest BCUT2D eigenvalue weighted by Crippen LogP contribution is 2.20. The van der Waals surface area contributed by atoms with Crippen molar-refractivity contribution >= 4 is 18.3 Å². The van der Waals surface area contributed by atoms with E-state index in [4.69, 9.17) is 10.5 Å². The summed E-state index contributed by atoms with van der Waals surface area (Å²) in [7, 11) is 0. The maximum atomic E-state index is 12.3. The Labute approximate surface area is 146 Å². The van der Waals surface area contributed by atoms with Gasteiger partial charge in [-0.2, -0.15) is 4.68 Å². The molecule has 3 rings (SSSR count). The third-order valence-corrected chi connectivity index (χ3v) is 3.90. The van der Waals surface area contributed by atoms with Crippen LogP contribution in [-0.2, 0) is 9.53 Å². The molecule has 0 saturated carbocycles. The molecule has 0 radical (unpaired) electrons. The van der Waals surface area contributed by atoms with Crippen LogP contribution in [0.4, 0.5) is 0 Å². The monoisotopic (exact) mass is 352 g/mol. The molecule has 0 spiro atoms. The number of carbonyl (C=O) groups is 1. The van der Waals surface area contributed by atoms with Gasteiger partial charge in [-0.15, -0.1) is 17.5 Å².